The Labute approximate surface area is 290 Å². The molecule has 0 fully saturated rings. The fourth-order valence-electron chi connectivity index (χ4n) is 6.44. The molecule has 0 N–H and O–H groups in total. The van der Waals surface area contributed by atoms with E-state index in [2.05, 4.69) is 200 Å². The lowest BCUT2D eigenvalue weighted by atomic mass is 9.88. The number of hydrogen-bond donors (Lipinski definition) is 0. The summed E-state index contributed by atoms with van der Waals surface area (Å²) in [5, 5.41) is 0. The molecule has 49 heavy (non-hydrogen) atoms. The molecule has 0 heterocycles. The quantitative estimate of drug-likeness (QED) is 0.136. The molecule has 0 aromatic heterocycles. The summed E-state index contributed by atoms with van der Waals surface area (Å²) in [6.45, 7) is 8.16. The zero-order valence-corrected chi connectivity index (χ0v) is 27.4. The Kier molecular flexibility index (Phi) is 9.25. The molecule has 0 aliphatic rings. The molecule has 0 saturated heterocycles. The van der Waals surface area contributed by atoms with Crippen molar-refractivity contribution in [3.8, 4) is 44.5 Å². The summed E-state index contributed by atoms with van der Waals surface area (Å²) in [5.74, 6) is 0. The van der Waals surface area contributed by atoms with Crippen LogP contribution in [0.25, 0.3) is 50.1 Å². The van der Waals surface area contributed by atoms with E-state index in [1.807, 2.05) is 18.2 Å². The Balaban J connectivity index is 1.42. The van der Waals surface area contributed by atoms with Crippen molar-refractivity contribution in [1.29, 1.82) is 0 Å². The van der Waals surface area contributed by atoms with Crippen LogP contribution in [0.4, 0.5) is 17.1 Å². The second-order valence-electron chi connectivity index (χ2n) is 11.9. The van der Waals surface area contributed by atoms with Gasteiger partial charge in [-0.3, -0.25) is 0 Å². The second kappa shape index (κ2) is 14.5. The average Bonchev–Trinajstić information content (AvgIpc) is 3.19. The third-order valence-electron chi connectivity index (χ3n) is 8.86. The third-order valence-corrected chi connectivity index (χ3v) is 8.86. The Morgan fingerprint density at radius 3 is 1.31 bits per heavy atom. The van der Waals surface area contributed by atoms with Gasteiger partial charge in [0.2, 0.25) is 0 Å². The van der Waals surface area contributed by atoms with E-state index < -0.39 is 0 Å². The first-order valence-corrected chi connectivity index (χ1v) is 16.6. The van der Waals surface area contributed by atoms with Crippen molar-refractivity contribution in [3.63, 3.8) is 0 Å². The molecule has 0 aliphatic heterocycles. The zero-order chi connectivity index (χ0) is 33.4. The number of anilines is 3. The fraction of sp³-hybridized carbons (Fsp3) is 0. The molecule has 0 atom stereocenters. The lowest BCUT2D eigenvalue weighted by Crippen LogP contribution is -2.10. The van der Waals surface area contributed by atoms with Crippen LogP contribution in [-0.2, 0) is 0 Å². The molecule has 7 rings (SSSR count). The first-order valence-electron chi connectivity index (χ1n) is 16.6. The highest BCUT2D eigenvalue weighted by Crippen LogP contribution is 2.43. The van der Waals surface area contributed by atoms with E-state index in [0.29, 0.717) is 0 Å². The minimum Gasteiger partial charge on any atom is -0.310 e. The van der Waals surface area contributed by atoms with Crippen LogP contribution >= 0.6 is 0 Å². The monoisotopic (exact) mass is 627 g/mol. The van der Waals surface area contributed by atoms with Gasteiger partial charge >= 0.3 is 0 Å². The van der Waals surface area contributed by atoms with Gasteiger partial charge in [-0.15, -0.1) is 0 Å². The van der Waals surface area contributed by atoms with Gasteiger partial charge in [-0.05, 0) is 92.0 Å². The van der Waals surface area contributed by atoms with Gasteiger partial charge in [-0.2, -0.15) is 0 Å². The lowest BCUT2D eigenvalue weighted by molar-refractivity contribution is 1.28. The van der Waals surface area contributed by atoms with E-state index in [0.717, 1.165) is 39.3 Å². The van der Waals surface area contributed by atoms with Crippen LogP contribution in [0.2, 0.25) is 0 Å². The number of rotatable bonds is 10. The van der Waals surface area contributed by atoms with E-state index in [1.54, 1.807) is 0 Å². The van der Waals surface area contributed by atoms with Crippen molar-refractivity contribution in [2.45, 2.75) is 0 Å². The number of benzene rings is 7. The minimum atomic E-state index is 1.02. The van der Waals surface area contributed by atoms with Crippen LogP contribution in [0.3, 0.4) is 0 Å². The predicted octanol–water partition coefficient (Wildman–Crippen LogP) is 13.6. The normalized spacial score (nSPS) is 11.1. The maximum Gasteiger partial charge on any atom is 0.0468 e. The Morgan fingerprint density at radius 2 is 0.816 bits per heavy atom. The van der Waals surface area contributed by atoms with Crippen molar-refractivity contribution < 1.29 is 0 Å². The molecule has 0 radical (unpaired) electrons. The molecule has 234 valence electrons. The Morgan fingerprint density at radius 1 is 0.388 bits per heavy atom. The van der Waals surface area contributed by atoms with Crippen molar-refractivity contribution in [1.82, 2.24) is 0 Å². The largest absolute Gasteiger partial charge is 0.310 e. The summed E-state index contributed by atoms with van der Waals surface area (Å²) in [4.78, 5) is 2.34. The summed E-state index contributed by atoms with van der Waals surface area (Å²) in [5.41, 5.74) is 14.7. The van der Waals surface area contributed by atoms with Gasteiger partial charge in [0.1, 0.15) is 0 Å². The van der Waals surface area contributed by atoms with E-state index >= 15 is 0 Å². The van der Waals surface area contributed by atoms with Gasteiger partial charge < -0.3 is 4.90 Å². The smallest absolute Gasteiger partial charge is 0.0468 e. The van der Waals surface area contributed by atoms with Crippen LogP contribution < -0.4 is 4.90 Å². The van der Waals surface area contributed by atoms with E-state index in [1.165, 1.54) is 33.4 Å². The second-order valence-corrected chi connectivity index (χ2v) is 11.9. The highest BCUT2D eigenvalue weighted by molar-refractivity contribution is 5.94. The Bertz CT molecular complexity index is 2130. The molecule has 7 aromatic carbocycles. The van der Waals surface area contributed by atoms with Crippen LogP contribution in [0.5, 0.6) is 0 Å². The van der Waals surface area contributed by atoms with E-state index in [-0.39, 0.29) is 0 Å². The molecule has 0 aliphatic carbocycles. The number of allylic oxidation sites excluding steroid dienone is 4. The van der Waals surface area contributed by atoms with Crippen LogP contribution in [-0.4, -0.2) is 0 Å². The summed E-state index contributed by atoms with van der Waals surface area (Å²) in [6.07, 6.45) is 5.76. The molecule has 0 saturated carbocycles. The van der Waals surface area contributed by atoms with Gasteiger partial charge in [0.15, 0.2) is 0 Å². The average molecular weight is 628 g/mol. The molecular formula is C48H37N. The highest BCUT2D eigenvalue weighted by atomic mass is 15.1. The summed E-state index contributed by atoms with van der Waals surface area (Å²) >= 11 is 0. The molecule has 1 nitrogen and oxygen atoms in total. The molecule has 0 spiro atoms. The molecule has 0 bridgehead atoms. The van der Waals surface area contributed by atoms with Crippen molar-refractivity contribution in [2.75, 3.05) is 4.90 Å². The van der Waals surface area contributed by atoms with Crippen molar-refractivity contribution in [2.24, 2.45) is 0 Å². The topological polar surface area (TPSA) is 3.24 Å². The van der Waals surface area contributed by atoms with Crippen LogP contribution in [0, 0.1) is 0 Å². The van der Waals surface area contributed by atoms with Crippen molar-refractivity contribution >= 4 is 22.6 Å². The third kappa shape index (κ3) is 6.70. The van der Waals surface area contributed by atoms with Crippen LogP contribution in [0.1, 0.15) is 5.56 Å². The van der Waals surface area contributed by atoms with Gasteiger partial charge in [-0.25, -0.2) is 0 Å². The fourth-order valence-corrected chi connectivity index (χ4v) is 6.44. The van der Waals surface area contributed by atoms with Crippen LogP contribution in [0.15, 0.2) is 213 Å². The molecule has 0 amide bonds. The van der Waals surface area contributed by atoms with E-state index in [9.17, 15) is 0 Å². The predicted molar refractivity (Wildman–Crippen MR) is 211 cm³/mol. The Hall–Kier alpha value is -6.44. The minimum absolute atomic E-state index is 1.02. The molecule has 0 unspecified atom stereocenters. The number of nitrogens with zero attached hydrogens (tertiary/aromatic N) is 1. The van der Waals surface area contributed by atoms with Crippen molar-refractivity contribution in [3.05, 3.63) is 219 Å². The standard InChI is InChI=1S/C48H37N/c1-3-16-36(4-2)46-34-33-44(35-48(46)47-24-15-14-23-45(47)41-21-12-7-13-22-41)49(42-29-25-39(26-30-42)37-17-8-5-9-18-37)43-31-27-40(28-32-43)38-19-10-6-11-20-38/h3-35H,1-2H2/b36-16+. The van der Waals surface area contributed by atoms with E-state index in [4.69, 9.17) is 0 Å². The SMILES string of the molecule is C=C/C=C(\C=C)c1ccc(N(c2ccc(-c3ccccc3)cc2)c2ccc(-c3ccccc3)cc2)cc1-c1ccccc1-c1ccccc1. The molecular weight excluding hydrogens is 591 g/mol. The molecule has 7 aromatic rings. The number of hydrogen-bond acceptors (Lipinski definition) is 1. The summed E-state index contributed by atoms with van der Waals surface area (Å²) in [6, 6.07) is 64.7. The highest BCUT2D eigenvalue weighted by Gasteiger charge is 2.19. The maximum atomic E-state index is 4.16. The first kappa shape index (κ1) is 31.2. The lowest BCUT2D eigenvalue weighted by Gasteiger charge is -2.27. The zero-order valence-electron chi connectivity index (χ0n) is 27.4. The van der Waals surface area contributed by atoms with Gasteiger partial charge in [0.05, 0.1) is 0 Å². The molecule has 1 heteroatoms. The first-order chi connectivity index (χ1) is 24.2. The van der Waals surface area contributed by atoms with Gasteiger partial charge in [-0.1, -0.05) is 177 Å². The summed E-state index contributed by atoms with van der Waals surface area (Å²) < 4.78 is 0. The van der Waals surface area contributed by atoms with Gasteiger partial charge in [0.25, 0.3) is 0 Å². The maximum absolute atomic E-state index is 4.16. The summed E-state index contributed by atoms with van der Waals surface area (Å²) in [7, 11) is 0. The van der Waals surface area contributed by atoms with Gasteiger partial charge in [0, 0.05) is 17.1 Å².